The van der Waals surface area contributed by atoms with Gasteiger partial charge in [0.05, 0.1) is 12.4 Å². The van der Waals surface area contributed by atoms with E-state index in [9.17, 15) is 8.78 Å². The maximum atomic E-state index is 13.4. The van der Waals surface area contributed by atoms with Crippen molar-refractivity contribution in [3.63, 3.8) is 0 Å². The SMILES string of the molecule is CCNc1cncc(Oc2ccc(F)cc2F)n1. The highest BCUT2D eigenvalue weighted by Gasteiger charge is 2.07. The highest BCUT2D eigenvalue weighted by molar-refractivity contribution is 5.35. The summed E-state index contributed by atoms with van der Waals surface area (Å²) in [6.07, 6.45) is 2.88. The van der Waals surface area contributed by atoms with Crippen LogP contribution in [0.1, 0.15) is 6.92 Å². The number of hydrogen-bond donors (Lipinski definition) is 1. The Labute approximate surface area is 103 Å². The molecule has 4 nitrogen and oxygen atoms in total. The predicted molar refractivity (Wildman–Crippen MR) is 62.6 cm³/mol. The van der Waals surface area contributed by atoms with E-state index in [-0.39, 0.29) is 11.6 Å². The van der Waals surface area contributed by atoms with Gasteiger partial charge in [-0.2, -0.15) is 4.98 Å². The summed E-state index contributed by atoms with van der Waals surface area (Å²) in [5.41, 5.74) is 0. The molecule has 6 heteroatoms. The van der Waals surface area contributed by atoms with E-state index in [0.29, 0.717) is 12.4 Å². The smallest absolute Gasteiger partial charge is 0.239 e. The minimum absolute atomic E-state index is 0.0978. The first-order valence-corrected chi connectivity index (χ1v) is 5.38. The fourth-order valence-corrected chi connectivity index (χ4v) is 1.33. The Morgan fingerprint density at radius 1 is 1.28 bits per heavy atom. The quantitative estimate of drug-likeness (QED) is 0.907. The highest BCUT2D eigenvalue weighted by Crippen LogP contribution is 2.23. The van der Waals surface area contributed by atoms with Crippen LogP contribution < -0.4 is 10.1 Å². The largest absolute Gasteiger partial charge is 0.434 e. The van der Waals surface area contributed by atoms with Crippen molar-refractivity contribution in [3.05, 3.63) is 42.2 Å². The summed E-state index contributed by atoms with van der Waals surface area (Å²) in [7, 11) is 0. The van der Waals surface area contributed by atoms with Crippen molar-refractivity contribution in [3.8, 4) is 11.6 Å². The Hall–Kier alpha value is -2.24. The van der Waals surface area contributed by atoms with Crippen LogP contribution in [0.5, 0.6) is 11.6 Å². The highest BCUT2D eigenvalue weighted by atomic mass is 19.1. The first kappa shape index (κ1) is 12.2. The van der Waals surface area contributed by atoms with Gasteiger partial charge >= 0.3 is 0 Å². The molecule has 18 heavy (non-hydrogen) atoms. The Balaban J connectivity index is 2.20. The molecule has 0 radical (unpaired) electrons. The zero-order chi connectivity index (χ0) is 13.0. The number of aromatic nitrogens is 2. The van der Waals surface area contributed by atoms with Crippen LogP contribution in [0, 0.1) is 11.6 Å². The molecule has 1 aromatic heterocycles. The zero-order valence-electron chi connectivity index (χ0n) is 9.65. The van der Waals surface area contributed by atoms with Gasteiger partial charge in [0, 0.05) is 12.6 Å². The monoisotopic (exact) mass is 251 g/mol. The van der Waals surface area contributed by atoms with Crippen LogP contribution in [-0.2, 0) is 0 Å². The summed E-state index contributed by atoms with van der Waals surface area (Å²) < 4.78 is 31.3. The van der Waals surface area contributed by atoms with Crippen LogP contribution in [0.2, 0.25) is 0 Å². The molecule has 0 aliphatic rings. The third-order valence-electron chi connectivity index (χ3n) is 2.08. The van der Waals surface area contributed by atoms with Crippen LogP contribution in [0.25, 0.3) is 0 Å². The Kier molecular flexibility index (Phi) is 3.66. The molecule has 0 unspecified atom stereocenters. The van der Waals surface area contributed by atoms with Crippen LogP contribution in [0.4, 0.5) is 14.6 Å². The molecule has 2 aromatic rings. The lowest BCUT2D eigenvalue weighted by Crippen LogP contribution is -2.01. The summed E-state index contributed by atoms with van der Waals surface area (Å²) in [5, 5.41) is 2.95. The second-order valence-electron chi connectivity index (χ2n) is 3.45. The first-order valence-electron chi connectivity index (χ1n) is 5.38. The average Bonchev–Trinajstić information content (AvgIpc) is 2.34. The Morgan fingerprint density at radius 3 is 2.83 bits per heavy atom. The van der Waals surface area contributed by atoms with Gasteiger partial charge in [0.15, 0.2) is 11.6 Å². The van der Waals surface area contributed by atoms with Gasteiger partial charge in [-0.05, 0) is 19.1 Å². The van der Waals surface area contributed by atoms with Gasteiger partial charge in [-0.1, -0.05) is 0 Å². The number of anilines is 1. The lowest BCUT2D eigenvalue weighted by Gasteiger charge is -2.07. The van der Waals surface area contributed by atoms with E-state index in [4.69, 9.17) is 4.74 Å². The molecule has 0 aliphatic heterocycles. The third kappa shape index (κ3) is 2.91. The molecule has 0 saturated heterocycles. The van der Waals surface area contributed by atoms with Gasteiger partial charge in [-0.25, -0.2) is 8.78 Å². The number of hydrogen-bond acceptors (Lipinski definition) is 4. The van der Waals surface area contributed by atoms with Crippen molar-refractivity contribution < 1.29 is 13.5 Å². The molecular formula is C12H11F2N3O. The molecule has 0 atom stereocenters. The molecule has 1 N–H and O–H groups in total. The van der Waals surface area contributed by atoms with E-state index in [1.807, 2.05) is 6.92 Å². The second kappa shape index (κ2) is 5.39. The molecule has 1 aromatic carbocycles. The number of benzene rings is 1. The van der Waals surface area contributed by atoms with Gasteiger partial charge < -0.3 is 10.1 Å². The topological polar surface area (TPSA) is 47.0 Å². The fraction of sp³-hybridized carbons (Fsp3) is 0.167. The van der Waals surface area contributed by atoms with Crippen molar-refractivity contribution >= 4 is 5.82 Å². The van der Waals surface area contributed by atoms with Gasteiger partial charge in [0.1, 0.15) is 11.6 Å². The summed E-state index contributed by atoms with van der Waals surface area (Å²) in [5.74, 6) is -0.881. The summed E-state index contributed by atoms with van der Waals surface area (Å²) in [6, 6.07) is 3.06. The third-order valence-corrected chi connectivity index (χ3v) is 2.08. The Bertz CT molecular complexity index is 549. The lowest BCUT2D eigenvalue weighted by molar-refractivity contribution is 0.422. The zero-order valence-corrected chi connectivity index (χ0v) is 9.65. The van der Waals surface area contributed by atoms with E-state index >= 15 is 0 Å². The number of nitrogens with zero attached hydrogens (tertiary/aromatic N) is 2. The molecule has 0 fully saturated rings. The molecule has 0 saturated carbocycles. The molecule has 0 amide bonds. The van der Waals surface area contributed by atoms with Crippen molar-refractivity contribution in [2.45, 2.75) is 6.92 Å². The summed E-state index contributed by atoms with van der Waals surface area (Å²) >= 11 is 0. The molecule has 0 bridgehead atoms. The van der Waals surface area contributed by atoms with Crippen molar-refractivity contribution in [1.29, 1.82) is 0 Å². The maximum absolute atomic E-state index is 13.4. The second-order valence-corrected chi connectivity index (χ2v) is 3.45. The molecular weight excluding hydrogens is 240 g/mol. The van der Waals surface area contributed by atoms with Crippen LogP contribution in [0.3, 0.4) is 0 Å². The van der Waals surface area contributed by atoms with Crippen LogP contribution in [0.15, 0.2) is 30.6 Å². The minimum atomic E-state index is -0.786. The minimum Gasteiger partial charge on any atom is -0.434 e. The summed E-state index contributed by atoms with van der Waals surface area (Å²) in [4.78, 5) is 7.97. The van der Waals surface area contributed by atoms with E-state index < -0.39 is 11.6 Å². The predicted octanol–water partition coefficient (Wildman–Crippen LogP) is 2.98. The Morgan fingerprint density at radius 2 is 2.11 bits per heavy atom. The van der Waals surface area contributed by atoms with E-state index in [1.54, 1.807) is 0 Å². The number of rotatable bonds is 4. The van der Waals surface area contributed by atoms with Crippen molar-refractivity contribution in [2.75, 3.05) is 11.9 Å². The summed E-state index contributed by atoms with van der Waals surface area (Å²) in [6.45, 7) is 2.60. The van der Waals surface area contributed by atoms with E-state index in [2.05, 4.69) is 15.3 Å². The molecule has 0 aliphatic carbocycles. The molecule has 2 rings (SSSR count). The van der Waals surface area contributed by atoms with Crippen LogP contribution >= 0.6 is 0 Å². The van der Waals surface area contributed by atoms with E-state index in [0.717, 1.165) is 12.1 Å². The van der Waals surface area contributed by atoms with Gasteiger partial charge in [-0.3, -0.25) is 4.98 Å². The number of ether oxygens (including phenoxy) is 1. The van der Waals surface area contributed by atoms with Gasteiger partial charge in [0.25, 0.3) is 0 Å². The van der Waals surface area contributed by atoms with Gasteiger partial charge in [0.2, 0.25) is 5.88 Å². The maximum Gasteiger partial charge on any atom is 0.239 e. The molecule has 1 heterocycles. The first-order chi connectivity index (χ1) is 8.69. The lowest BCUT2D eigenvalue weighted by atomic mass is 10.3. The standard InChI is InChI=1S/C12H11F2N3O/c1-2-16-11-6-15-7-12(17-11)18-10-4-3-8(13)5-9(10)14/h3-7H,2H2,1H3,(H,16,17). The van der Waals surface area contributed by atoms with Gasteiger partial charge in [-0.15, -0.1) is 0 Å². The number of halogens is 2. The van der Waals surface area contributed by atoms with Crippen molar-refractivity contribution in [2.24, 2.45) is 0 Å². The van der Waals surface area contributed by atoms with Crippen molar-refractivity contribution in [1.82, 2.24) is 9.97 Å². The number of nitrogens with one attached hydrogen (secondary N) is 1. The molecule has 94 valence electrons. The van der Waals surface area contributed by atoms with E-state index in [1.165, 1.54) is 18.5 Å². The molecule has 0 spiro atoms. The fourth-order valence-electron chi connectivity index (χ4n) is 1.33. The van der Waals surface area contributed by atoms with Crippen LogP contribution in [-0.4, -0.2) is 16.5 Å². The average molecular weight is 251 g/mol. The normalized spacial score (nSPS) is 10.2.